The van der Waals surface area contributed by atoms with Crippen LogP contribution in [0.3, 0.4) is 0 Å². The molecule has 0 aromatic heterocycles. The van der Waals surface area contributed by atoms with Gasteiger partial charge in [0, 0.05) is 30.7 Å². The number of hydrogen-bond donors (Lipinski definition) is 1. The summed E-state index contributed by atoms with van der Waals surface area (Å²) in [4.78, 5) is 27.0. The maximum Gasteiger partial charge on any atom is 0.410 e. The Labute approximate surface area is 233 Å². The highest BCUT2D eigenvalue weighted by molar-refractivity contribution is 5.82. The number of carbonyl (C=O) groups excluding carboxylic acids is 2. The molecule has 2 aliphatic rings. The van der Waals surface area contributed by atoms with E-state index in [9.17, 15) is 20.1 Å². The predicted octanol–water partition coefficient (Wildman–Crippen LogP) is 4.57. The maximum absolute atomic E-state index is 15.3. The number of fused-ring (bicyclic) bond motifs is 3. The number of nitrogens with zero attached hydrogens (tertiary/aromatic N) is 3. The standard InChI is InChI=1S/C30H33FN4O5/c1-29(2,3)40-28(37)35-9-6-10-38-26(17-35)27(36)34-20(16-33)12-19-13-25-22(14-24(19)31)21-8-7-18(15-32)11-23(21)30(4,5)39-25/h7-8,11,13-14,20,26H,6,9-10,12,17H2,1-5H3,(H,34,36)/t20-,26-/m0/s1. The van der Waals surface area contributed by atoms with Gasteiger partial charge in [0.25, 0.3) is 5.91 Å². The molecule has 1 N–H and O–H groups in total. The summed E-state index contributed by atoms with van der Waals surface area (Å²) in [5.74, 6) is -0.671. The second-order valence-corrected chi connectivity index (χ2v) is 11.5. The van der Waals surface area contributed by atoms with Crippen molar-refractivity contribution in [2.24, 2.45) is 0 Å². The van der Waals surface area contributed by atoms with Crippen LogP contribution in [0.25, 0.3) is 11.1 Å². The summed E-state index contributed by atoms with van der Waals surface area (Å²) in [7, 11) is 0. The number of amides is 2. The lowest BCUT2D eigenvalue weighted by molar-refractivity contribution is -0.133. The summed E-state index contributed by atoms with van der Waals surface area (Å²) in [6.45, 7) is 9.62. The molecular formula is C30H33FN4O5. The number of hydrogen-bond acceptors (Lipinski definition) is 7. The van der Waals surface area contributed by atoms with Crippen LogP contribution in [0.1, 0.15) is 57.7 Å². The fourth-order valence-corrected chi connectivity index (χ4v) is 4.81. The summed E-state index contributed by atoms with van der Waals surface area (Å²) >= 11 is 0. The Kier molecular flexibility index (Phi) is 8.04. The first-order chi connectivity index (χ1) is 18.8. The number of rotatable bonds is 4. The van der Waals surface area contributed by atoms with Crippen LogP contribution in [0, 0.1) is 28.5 Å². The zero-order chi connectivity index (χ0) is 29.2. The van der Waals surface area contributed by atoms with E-state index >= 15 is 4.39 Å². The minimum atomic E-state index is -1.05. The van der Waals surface area contributed by atoms with Crippen molar-refractivity contribution in [2.75, 3.05) is 19.7 Å². The van der Waals surface area contributed by atoms with Gasteiger partial charge in [0.05, 0.1) is 24.2 Å². The van der Waals surface area contributed by atoms with E-state index in [-0.39, 0.29) is 25.1 Å². The molecule has 0 radical (unpaired) electrons. The van der Waals surface area contributed by atoms with Crippen LogP contribution in [0.15, 0.2) is 30.3 Å². The van der Waals surface area contributed by atoms with Gasteiger partial charge in [-0.05, 0) is 76.4 Å². The molecule has 0 spiro atoms. The minimum Gasteiger partial charge on any atom is -0.482 e. The van der Waals surface area contributed by atoms with Crippen molar-refractivity contribution in [1.29, 1.82) is 10.5 Å². The van der Waals surface area contributed by atoms with Crippen LogP contribution >= 0.6 is 0 Å². The number of benzene rings is 2. The molecule has 0 bridgehead atoms. The summed E-state index contributed by atoms with van der Waals surface area (Å²) in [6, 6.07) is 11.2. The molecule has 2 amide bonds. The molecule has 10 heteroatoms. The molecular weight excluding hydrogens is 515 g/mol. The normalized spacial score (nSPS) is 18.5. The van der Waals surface area contributed by atoms with Crippen molar-refractivity contribution in [1.82, 2.24) is 10.2 Å². The van der Waals surface area contributed by atoms with E-state index in [4.69, 9.17) is 14.2 Å². The van der Waals surface area contributed by atoms with Gasteiger partial charge in [-0.25, -0.2) is 9.18 Å². The Balaban J connectivity index is 1.50. The van der Waals surface area contributed by atoms with Crippen LogP contribution in [0.4, 0.5) is 9.18 Å². The van der Waals surface area contributed by atoms with Crippen LogP contribution in [0.5, 0.6) is 5.75 Å². The fraction of sp³-hybridized carbons (Fsp3) is 0.467. The van der Waals surface area contributed by atoms with Gasteiger partial charge in [0.15, 0.2) is 6.10 Å². The third kappa shape index (κ3) is 6.35. The smallest absolute Gasteiger partial charge is 0.410 e. The summed E-state index contributed by atoms with van der Waals surface area (Å²) in [5.41, 5.74) is 1.31. The Morgan fingerprint density at radius 2 is 1.98 bits per heavy atom. The molecule has 2 aromatic carbocycles. The van der Waals surface area contributed by atoms with Crippen molar-refractivity contribution in [3.63, 3.8) is 0 Å². The van der Waals surface area contributed by atoms with Crippen LogP contribution in [-0.4, -0.2) is 54.3 Å². The first kappa shape index (κ1) is 28.8. The zero-order valence-corrected chi connectivity index (χ0v) is 23.3. The van der Waals surface area contributed by atoms with Gasteiger partial charge in [-0.2, -0.15) is 10.5 Å². The van der Waals surface area contributed by atoms with Gasteiger partial charge < -0.3 is 24.4 Å². The molecule has 2 atom stereocenters. The van der Waals surface area contributed by atoms with Crippen molar-refractivity contribution in [3.05, 3.63) is 52.8 Å². The average molecular weight is 549 g/mol. The quantitative estimate of drug-likeness (QED) is 0.593. The zero-order valence-electron chi connectivity index (χ0n) is 23.3. The molecule has 0 unspecified atom stereocenters. The van der Waals surface area contributed by atoms with E-state index in [0.29, 0.717) is 29.8 Å². The first-order valence-electron chi connectivity index (χ1n) is 13.2. The highest BCUT2D eigenvalue weighted by atomic mass is 19.1. The minimum absolute atomic E-state index is 0.0258. The molecule has 4 rings (SSSR count). The lowest BCUT2D eigenvalue weighted by Crippen LogP contribution is -2.48. The number of carbonyl (C=O) groups is 2. The van der Waals surface area contributed by atoms with Crippen molar-refractivity contribution in [3.8, 4) is 29.0 Å². The van der Waals surface area contributed by atoms with Gasteiger partial charge in [0.2, 0.25) is 0 Å². The first-order valence-corrected chi connectivity index (χ1v) is 13.2. The Hall–Kier alpha value is -4.15. The monoisotopic (exact) mass is 548 g/mol. The second-order valence-electron chi connectivity index (χ2n) is 11.5. The van der Waals surface area contributed by atoms with Crippen LogP contribution in [-0.2, 0) is 26.3 Å². The molecule has 9 nitrogen and oxygen atoms in total. The van der Waals surface area contributed by atoms with Gasteiger partial charge in [-0.1, -0.05) is 6.07 Å². The fourth-order valence-electron chi connectivity index (χ4n) is 4.81. The molecule has 0 aliphatic carbocycles. The SMILES string of the molecule is CC(C)(C)OC(=O)N1CCCO[C@H](C(=O)N[C@H](C#N)Cc2cc3c(cc2F)-c2ccc(C#N)cc2C(C)(C)O3)C1. The van der Waals surface area contributed by atoms with E-state index in [2.05, 4.69) is 11.4 Å². The largest absolute Gasteiger partial charge is 0.482 e. The highest BCUT2D eigenvalue weighted by Crippen LogP contribution is 2.46. The van der Waals surface area contributed by atoms with Gasteiger partial charge in [0.1, 0.15) is 28.8 Å². The maximum atomic E-state index is 15.3. The second kappa shape index (κ2) is 11.1. The van der Waals surface area contributed by atoms with E-state index in [0.717, 1.165) is 11.1 Å². The molecule has 2 aliphatic heterocycles. The summed E-state index contributed by atoms with van der Waals surface area (Å²) < 4.78 is 32.6. The third-order valence-electron chi connectivity index (χ3n) is 6.72. The lowest BCUT2D eigenvalue weighted by Gasteiger charge is -2.35. The number of nitriles is 2. The number of ether oxygens (including phenoxy) is 3. The van der Waals surface area contributed by atoms with Gasteiger partial charge in [-0.3, -0.25) is 4.79 Å². The van der Waals surface area contributed by atoms with Crippen LogP contribution in [0.2, 0.25) is 0 Å². The van der Waals surface area contributed by atoms with Crippen molar-refractivity contribution in [2.45, 2.75) is 70.8 Å². The van der Waals surface area contributed by atoms with E-state index in [1.807, 2.05) is 19.9 Å². The molecule has 0 saturated carbocycles. The Morgan fingerprint density at radius 3 is 2.65 bits per heavy atom. The third-order valence-corrected chi connectivity index (χ3v) is 6.72. The van der Waals surface area contributed by atoms with Gasteiger partial charge >= 0.3 is 6.09 Å². The molecule has 210 valence electrons. The summed E-state index contributed by atoms with van der Waals surface area (Å²) in [5, 5.41) is 21.7. The molecule has 1 saturated heterocycles. The van der Waals surface area contributed by atoms with Crippen molar-refractivity contribution >= 4 is 12.0 Å². The predicted molar refractivity (Wildman–Crippen MR) is 144 cm³/mol. The highest BCUT2D eigenvalue weighted by Gasteiger charge is 2.35. The number of nitrogens with one attached hydrogen (secondary N) is 1. The molecule has 1 fully saturated rings. The average Bonchev–Trinajstić information content (AvgIpc) is 3.15. The summed E-state index contributed by atoms with van der Waals surface area (Å²) in [6.07, 6.45) is -1.12. The van der Waals surface area contributed by atoms with E-state index in [1.165, 1.54) is 11.0 Å². The molecule has 2 heterocycles. The van der Waals surface area contributed by atoms with Gasteiger partial charge in [-0.15, -0.1) is 0 Å². The topological polar surface area (TPSA) is 125 Å². The Bertz CT molecular complexity index is 1400. The van der Waals surface area contributed by atoms with Crippen molar-refractivity contribution < 1.29 is 28.2 Å². The van der Waals surface area contributed by atoms with E-state index < -0.39 is 41.2 Å². The molecule has 40 heavy (non-hydrogen) atoms. The lowest BCUT2D eigenvalue weighted by atomic mass is 9.84. The van der Waals surface area contributed by atoms with E-state index in [1.54, 1.807) is 45.0 Å². The number of halogens is 1. The van der Waals surface area contributed by atoms with Crippen LogP contribution < -0.4 is 10.1 Å². The molecule has 2 aromatic rings. The Morgan fingerprint density at radius 1 is 1.23 bits per heavy atom.